The van der Waals surface area contributed by atoms with Gasteiger partial charge in [-0.15, -0.1) is 11.3 Å². The lowest BCUT2D eigenvalue weighted by Crippen LogP contribution is -2.49. The Morgan fingerprint density at radius 1 is 1.24 bits per heavy atom. The minimum absolute atomic E-state index is 0.115. The molecule has 0 unspecified atom stereocenters. The summed E-state index contributed by atoms with van der Waals surface area (Å²) in [5, 5.41) is 2.06. The van der Waals surface area contributed by atoms with Crippen molar-refractivity contribution in [3.8, 4) is 0 Å². The van der Waals surface area contributed by atoms with E-state index in [1.807, 2.05) is 11.0 Å². The number of anilines is 2. The Labute approximate surface area is 125 Å². The van der Waals surface area contributed by atoms with Crippen LogP contribution in [0.15, 0.2) is 29.6 Å². The number of thiazole rings is 1. The lowest BCUT2D eigenvalue weighted by atomic mass is 10.2. The third-order valence-electron chi connectivity index (χ3n) is 3.50. The Bertz CT molecular complexity index is 652. The predicted octanol–water partition coefficient (Wildman–Crippen LogP) is 1.83. The second-order valence-corrected chi connectivity index (χ2v) is 5.69. The third-order valence-corrected chi connectivity index (χ3v) is 4.17. The normalized spacial score (nSPS) is 15.3. The molecule has 7 heteroatoms. The van der Waals surface area contributed by atoms with E-state index in [0.29, 0.717) is 42.7 Å². The molecule has 0 aliphatic carbocycles. The molecule has 5 nitrogen and oxygen atoms in total. The molecule has 1 aromatic carbocycles. The molecule has 2 aromatic rings. The molecule has 1 saturated heterocycles. The van der Waals surface area contributed by atoms with Gasteiger partial charge in [0.15, 0.2) is 5.13 Å². The number of carbonyl (C=O) groups is 1. The van der Waals surface area contributed by atoms with Crippen LogP contribution in [-0.2, 0) is 0 Å². The van der Waals surface area contributed by atoms with Gasteiger partial charge in [-0.1, -0.05) is 12.1 Å². The highest BCUT2D eigenvalue weighted by Gasteiger charge is 2.24. The molecule has 1 aliphatic heterocycles. The molecule has 3 rings (SSSR count). The molecule has 0 atom stereocenters. The van der Waals surface area contributed by atoms with Gasteiger partial charge in [-0.3, -0.25) is 4.79 Å². The summed E-state index contributed by atoms with van der Waals surface area (Å²) in [5.41, 5.74) is 6.52. The summed E-state index contributed by atoms with van der Waals surface area (Å²) >= 11 is 1.26. The summed E-state index contributed by atoms with van der Waals surface area (Å²) in [6.07, 6.45) is 0. The number of nitrogen functional groups attached to an aromatic ring is 1. The van der Waals surface area contributed by atoms with Crippen LogP contribution in [0.4, 0.5) is 15.2 Å². The second-order valence-electron chi connectivity index (χ2n) is 4.80. The van der Waals surface area contributed by atoms with Crippen molar-refractivity contribution < 1.29 is 9.18 Å². The van der Waals surface area contributed by atoms with Gasteiger partial charge < -0.3 is 15.5 Å². The number of benzene rings is 1. The van der Waals surface area contributed by atoms with E-state index in [-0.39, 0.29) is 11.7 Å². The van der Waals surface area contributed by atoms with Crippen molar-refractivity contribution in [3.63, 3.8) is 0 Å². The first-order valence-electron chi connectivity index (χ1n) is 6.65. The van der Waals surface area contributed by atoms with Crippen molar-refractivity contribution >= 4 is 28.1 Å². The van der Waals surface area contributed by atoms with Crippen molar-refractivity contribution in [2.75, 3.05) is 36.8 Å². The monoisotopic (exact) mass is 306 g/mol. The molecule has 1 aromatic heterocycles. The summed E-state index contributed by atoms with van der Waals surface area (Å²) in [7, 11) is 0. The van der Waals surface area contributed by atoms with E-state index in [4.69, 9.17) is 5.73 Å². The fraction of sp³-hybridized carbons (Fsp3) is 0.286. The molecule has 2 N–H and O–H groups in total. The number of nitrogens with two attached hydrogens (primary N) is 1. The maximum absolute atomic E-state index is 13.8. The van der Waals surface area contributed by atoms with Crippen LogP contribution < -0.4 is 10.6 Å². The van der Waals surface area contributed by atoms with E-state index in [1.165, 1.54) is 17.4 Å². The zero-order valence-corrected chi connectivity index (χ0v) is 12.1. The fourth-order valence-electron chi connectivity index (χ4n) is 2.41. The SMILES string of the molecule is Nc1nc(C(=O)N2CCN(c3ccccc3F)CC2)cs1. The first-order valence-corrected chi connectivity index (χ1v) is 7.53. The van der Waals surface area contributed by atoms with Crippen LogP contribution in [0.25, 0.3) is 0 Å². The minimum atomic E-state index is -0.232. The summed E-state index contributed by atoms with van der Waals surface area (Å²) in [4.78, 5) is 19.9. The van der Waals surface area contributed by atoms with Gasteiger partial charge in [0.1, 0.15) is 11.5 Å². The fourth-order valence-corrected chi connectivity index (χ4v) is 2.94. The molecule has 110 valence electrons. The number of rotatable bonds is 2. The summed E-state index contributed by atoms with van der Waals surface area (Å²) < 4.78 is 13.8. The minimum Gasteiger partial charge on any atom is -0.375 e. The molecule has 0 bridgehead atoms. The lowest BCUT2D eigenvalue weighted by molar-refractivity contribution is 0.0741. The quantitative estimate of drug-likeness (QED) is 0.919. The van der Waals surface area contributed by atoms with Crippen LogP contribution in [0.2, 0.25) is 0 Å². The molecule has 0 spiro atoms. The average molecular weight is 306 g/mol. The number of hydrogen-bond donors (Lipinski definition) is 1. The van der Waals surface area contributed by atoms with Crippen molar-refractivity contribution in [2.45, 2.75) is 0 Å². The lowest BCUT2D eigenvalue weighted by Gasteiger charge is -2.35. The van der Waals surface area contributed by atoms with E-state index in [0.717, 1.165) is 0 Å². The molecule has 21 heavy (non-hydrogen) atoms. The van der Waals surface area contributed by atoms with Crippen molar-refractivity contribution in [1.29, 1.82) is 0 Å². The molecule has 1 aliphatic rings. The smallest absolute Gasteiger partial charge is 0.273 e. The van der Waals surface area contributed by atoms with Gasteiger partial charge in [0.05, 0.1) is 5.69 Å². The molecule has 0 radical (unpaired) electrons. The van der Waals surface area contributed by atoms with Crippen LogP contribution in [0.5, 0.6) is 0 Å². The molecule has 1 amide bonds. The van der Waals surface area contributed by atoms with Gasteiger partial charge in [0.25, 0.3) is 5.91 Å². The Morgan fingerprint density at radius 3 is 2.57 bits per heavy atom. The number of halogens is 1. The van der Waals surface area contributed by atoms with Gasteiger partial charge in [0.2, 0.25) is 0 Å². The van der Waals surface area contributed by atoms with Crippen molar-refractivity contribution in [1.82, 2.24) is 9.88 Å². The third kappa shape index (κ3) is 2.82. The highest BCUT2D eigenvalue weighted by atomic mass is 32.1. The van der Waals surface area contributed by atoms with Crippen molar-refractivity contribution in [2.24, 2.45) is 0 Å². The Balaban J connectivity index is 1.65. The van der Waals surface area contributed by atoms with E-state index in [9.17, 15) is 9.18 Å². The number of aromatic nitrogens is 1. The second kappa shape index (κ2) is 5.69. The van der Waals surface area contributed by atoms with Crippen LogP contribution in [0, 0.1) is 5.82 Å². The highest BCUT2D eigenvalue weighted by Crippen LogP contribution is 2.21. The first kappa shape index (κ1) is 13.8. The largest absolute Gasteiger partial charge is 0.375 e. The van der Waals surface area contributed by atoms with E-state index < -0.39 is 0 Å². The Kier molecular flexibility index (Phi) is 3.74. The van der Waals surface area contributed by atoms with E-state index in [2.05, 4.69) is 4.98 Å². The topological polar surface area (TPSA) is 62.5 Å². The highest BCUT2D eigenvalue weighted by molar-refractivity contribution is 7.13. The number of para-hydroxylation sites is 1. The predicted molar refractivity (Wildman–Crippen MR) is 81.0 cm³/mol. The first-order chi connectivity index (χ1) is 10.1. The van der Waals surface area contributed by atoms with Crippen molar-refractivity contribution in [3.05, 3.63) is 41.2 Å². The zero-order chi connectivity index (χ0) is 14.8. The van der Waals surface area contributed by atoms with Crippen LogP contribution in [-0.4, -0.2) is 42.0 Å². The van der Waals surface area contributed by atoms with Gasteiger partial charge in [0, 0.05) is 31.6 Å². The zero-order valence-electron chi connectivity index (χ0n) is 11.3. The van der Waals surface area contributed by atoms with Gasteiger partial charge in [-0.05, 0) is 12.1 Å². The van der Waals surface area contributed by atoms with Crippen LogP contribution >= 0.6 is 11.3 Å². The van der Waals surface area contributed by atoms with Gasteiger partial charge in [-0.25, -0.2) is 9.37 Å². The van der Waals surface area contributed by atoms with E-state index in [1.54, 1.807) is 22.4 Å². The standard InChI is InChI=1S/C14H15FN4OS/c15-10-3-1-2-4-12(10)18-5-7-19(8-6-18)13(20)11-9-21-14(16)17-11/h1-4,9H,5-8H2,(H2,16,17). The summed E-state index contributed by atoms with van der Waals surface area (Å²) in [6.45, 7) is 2.30. The maximum Gasteiger partial charge on any atom is 0.273 e. The number of carbonyl (C=O) groups excluding carboxylic acids is 1. The van der Waals surface area contributed by atoms with Crippen LogP contribution in [0.1, 0.15) is 10.5 Å². The molecule has 0 saturated carbocycles. The number of hydrogen-bond acceptors (Lipinski definition) is 5. The van der Waals surface area contributed by atoms with Crippen LogP contribution in [0.3, 0.4) is 0 Å². The average Bonchev–Trinajstić information content (AvgIpc) is 2.94. The molecule has 1 fully saturated rings. The van der Waals surface area contributed by atoms with Gasteiger partial charge >= 0.3 is 0 Å². The number of nitrogens with zero attached hydrogens (tertiary/aromatic N) is 3. The Hall–Kier alpha value is -2.15. The molecule has 2 heterocycles. The summed E-state index contributed by atoms with van der Waals surface area (Å²) in [5.74, 6) is -0.347. The van der Waals surface area contributed by atoms with E-state index >= 15 is 0 Å². The Morgan fingerprint density at radius 2 is 1.95 bits per heavy atom. The maximum atomic E-state index is 13.8. The summed E-state index contributed by atoms with van der Waals surface area (Å²) in [6, 6.07) is 6.69. The number of piperazine rings is 1. The molecular weight excluding hydrogens is 291 g/mol. The van der Waals surface area contributed by atoms with Gasteiger partial charge in [-0.2, -0.15) is 0 Å². The molecular formula is C14H15FN4OS. The number of amides is 1.